The van der Waals surface area contributed by atoms with Gasteiger partial charge in [0.25, 0.3) is 0 Å². The summed E-state index contributed by atoms with van der Waals surface area (Å²) in [5.74, 6) is 10.3. The van der Waals surface area contributed by atoms with Crippen LogP contribution in [0, 0.1) is 0 Å². The maximum atomic E-state index is 5.18. The summed E-state index contributed by atoms with van der Waals surface area (Å²) < 4.78 is -0.137. The Kier molecular flexibility index (Phi) is 4.09. The third-order valence-corrected chi connectivity index (χ3v) is 2.86. The molecule has 70 valence electrons. The topological polar surface area (TPSA) is 76.8 Å². The van der Waals surface area contributed by atoms with Gasteiger partial charge in [0.05, 0.1) is 15.5 Å². The molecule has 0 bridgehead atoms. The average Bonchev–Trinajstić information content (AvgIpc) is 2.02. The minimum absolute atomic E-state index is 0.137. The molecule has 0 heterocycles. The Labute approximate surface area is 77.5 Å². The molecule has 0 unspecified atom stereocenters. The average molecular weight is 188 g/mol. The van der Waals surface area contributed by atoms with Crippen LogP contribution in [0.5, 0.6) is 0 Å². The number of thioether (sulfide) groups is 1. The second-order valence-electron chi connectivity index (χ2n) is 2.97. The standard InChI is InChI=1S/C7H16N4S/c1-5(10-8)7(3,4)12-6(2)11-9/h8-9H2,1-4H3/b10-5+,11-6+. The van der Waals surface area contributed by atoms with Gasteiger partial charge < -0.3 is 11.7 Å². The molecule has 0 aliphatic heterocycles. The van der Waals surface area contributed by atoms with E-state index < -0.39 is 0 Å². The van der Waals surface area contributed by atoms with Crippen molar-refractivity contribution in [3.05, 3.63) is 0 Å². The third kappa shape index (κ3) is 3.13. The predicted octanol–water partition coefficient (Wildman–Crippen LogP) is 1.12. The second-order valence-corrected chi connectivity index (χ2v) is 4.79. The highest BCUT2D eigenvalue weighted by Crippen LogP contribution is 2.26. The Morgan fingerprint density at radius 2 is 1.67 bits per heavy atom. The minimum Gasteiger partial charge on any atom is -0.323 e. The van der Waals surface area contributed by atoms with Gasteiger partial charge in [-0.2, -0.15) is 10.2 Å². The molecule has 12 heavy (non-hydrogen) atoms. The number of nitrogens with zero attached hydrogens (tertiary/aromatic N) is 2. The van der Waals surface area contributed by atoms with Crippen LogP contribution in [0.15, 0.2) is 10.2 Å². The van der Waals surface area contributed by atoms with Gasteiger partial charge in [-0.25, -0.2) is 0 Å². The highest BCUT2D eigenvalue weighted by molar-refractivity contribution is 8.15. The van der Waals surface area contributed by atoms with E-state index in [-0.39, 0.29) is 4.75 Å². The fourth-order valence-electron chi connectivity index (χ4n) is 0.625. The highest BCUT2D eigenvalue weighted by Gasteiger charge is 2.23. The van der Waals surface area contributed by atoms with E-state index in [1.807, 2.05) is 27.7 Å². The lowest BCUT2D eigenvalue weighted by Gasteiger charge is -2.22. The van der Waals surface area contributed by atoms with E-state index in [1.165, 1.54) is 0 Å². The molecule has 0 spiro atoms. The molecule has 0 aromatic rings. The zero-order chi connectivity index (χ0) is 9.78. The van der Waals surface area contributed by atoms with Crippen molar-refractivity contribution in [2.24, 2.45) is 21.9 Å². The van der Waals surface area contributed by atoms with Crippen LogP contribution in [0.4, 0.5) is 0 Å². The molecular weight excluding hydrogens is 172 g/mol. The predicted molar refractivity (Wildman–Crippen MR) is 56.3 cm³/mol. The van der Waals surface area contributed by atoms with E-state index >= 15 is 0 Å². The zero-order valence-corrected chi connectivity index (χ0v) is 8.77. The van der Waals surface area contributed by atoms with Gasteiger partial charge in [0, 0.05) is 0 Å². The molecule has 0 aromatic carbocycles. The molecule has 0 saturated carbocycles. The van der Waals surface area contributed by atoms with Crippen LogP contribution >= 0.6 is 11.8 Å². The molecule has 5 heteroatoms. The van der Waals surface area contributed by atoms with Crippen LogP contribution < -0.4 is 11.7 Å². The summed E-state index contributed by atoms with van der Waals surface area (Å²) in [4.78, 5) is 0. The quantitative estimate of drug-likeness (QED) is 0.295. The fraction of sp³-hybridized carbons (Fsp3) is 0.714. The van der Waals surface area contributed by atoms with Crippen molar-refractivity contribution < 1.29 is 0 Å². The summed E-state index contributed by atoms with van der Waals surface area (Å²) in [6.07, 6.45) is 0. The van der Waals surface area contributed by atoms with Gasteiger partial charge in [-0.1, -0.05) is 11.8 Å². The molecule has 0 atom stereocenters. The first-order chi connectivity index (χ1) is 5.44. The summed E-state index contributed by atoms with van der Waals surface area (Å²) in [7, 11) is 0. The molecule has 0 aliphatic rings. The van der Waals surface area contributed by atoms with Crippen LogP contribution in [0.3, 0.4) is 0 Å². The molecule has 0 aliphatic carbocycles. The Morgan fingerprint density at radius 1 is 1.17 bits per heavy atom. The summed E-state index contributed by atoms with van der Waals surface area (Å²) in [6, 6.07) is 0. The lowest BCUT2D eigenvalue weighted by atomic mass is 10.1. The summed E-state index contributed by atoms with van der Waals surface area (Å²) >= 11 is 1.55. The highest BCUT2D eigenvalue weighted by atomic mass is 32.2. The molecule has 0 aromatic heterocycles. The van der Waals surface area contributed by atoms with Gasteiger partial charge in [-0.15, -0.1) is 0 Å². The Bertz CT molecular complexity index is 207. The van der Waals surface area contributed by atoms with Gasteiger partial charge in [0.2, 0.25) is 0 Å². The van der Waals surface area contributed by atoms with Gasteiger partial charge in [-0.05, 0) is 27.7 Å². The van der Waals surface area contributed by atoms with Crippen molar-refractivity contribution in [3.63, 3.8) is 0 Å². The minimum atomic E-state index is -0.137. The molecule has 0 amide bonds. The summed E-state index contributed by atoms with van der Waals surface area (Å²) in [5, 5.41) is 8.04. The van der Waals surface area contributed by atoms with Crippen molar-refractivity contribution in [1.82, 2.24) is 0 Å². The largest absolute Gasteiger partial charge is 0.323 e. The monoisotopic (exact) mass is 188 g/mol. The van der Waals surface area contributed by atoms with E-state index in [0.717, 1.165) is 10.8 Å². The summed E-state index contributed by atoms with van der Waals surface area (Å²) in [6.45, 7) is 7.79. The number of hydrazone groups is 2. The van der Waals surface area contributed by atoms with E-state index in [1.54, 1.807) is 11.8 Å². The SMILES string of the molecule is C/C(=N\N)SC(C)(C)/C(C)=N/N. The lowest BCUT2D eigenvalue weighted by Crippen LogP contribution is -2.27. The zero-order valence-electron chi connectivity index (χ0n) is 7.96. The van der Waals surface area contributed by atoms with Crippen LogP contribution in [-0.4, -0.2) is 15.5 Å². The first-order valence-corrected chi connectivity index (χ1v) is 4.44. The molecule has 0 radical (unpaired) electrons. The van der Waals surface area contributed by atoms with Crippen LogP contribution in [0.1, 0.15) is 27.7 Å². The first-order valence-electron chi connectivity index (χ1n) is 3.62. The first kappa shape index (κ1) is 11.3. The Morgan fingerprint density at radius 3 is 2.00 bits per heavy atom. The van der Waals surface area contributed by atoms with Crippen molar-refractivity contribution >= 4 is 22.5 Å². The van der Waals surface area contributed by atoms with Crippen molar-refractivity contribution in [1.29, 1.82) is 0 Å². The van der Waals surface area contributed by atoms with Crippen LogP contribution in [0.2, 0.25) is 0 Å². The van der Waals surface area contributed by atoms with E-state index in [2.05, 4.69) is 10.2 Å². The van der Waals surface area contributed by atoms with Crippen molar-refractivity contribution in [3.8, 4) is 0 Å². The van der Waals surface area contributed by atoms with Gasteiger partial charge >= 0.3 is 0 Å². The van der Waals surface area contributed by atoms with Gasteiger partial charge in [0.15, 0.2) is 0 Å². The smallest absolute Gasteiger partial charge is 0.0906 e. The molecule has 4 nitrogen and oxygen atoms in total. The molecule has 0 rings (SSSR count). The molecule has 0 fully saturated rings. The van der Waals surface area contributed by atoms with E-state index in [4.69, 9.17) is 11.7 Å². The molecule has 0 saturated heterocycles. The Balaban J connectivity index is 4.43. The van der Waals surface area contributed by atoms with Gasteiger partial charge in [-0.3, -0.25) is 0 Å². The van der Waals surface area contributed by atoms with Gasteiger partial charge in [0.1, 0.15) is 0 Å². The number of rotatable bonds is 2. The van der Waals surface area contributed by atoms with E-state index in [0.29, 0.717) is 0 Å². The maximum Gasteiger partial charge on any atom is 0.0906 e. The lowest BCUT2D eigenvalue weighted by molar-refractivity contribution is 0.936. The fourth-order valence-corrected chi connectivity index (χ4v) is 1.62. The van der Waals surface area contributed by atoms with Crippen LogP contribution in [0.25, 0.3) is 0 Å². The number of hydrogen-bond acceptors (Lipinski definition) is 5. The van der Waals surface area contributed by atoms with Crippen molar-refractivity contribution in [2.45, 2.75) is 32.4 Å². The molecular formula is C7H16N4S. The third-order valence-electron chi connectivity index (χ3n) is 1.65. The second kappa shape index (κ2) is 4.35. The van der Waals surface area contributed by atoms with E-state index in [9.17, 15) is 0 Å². The summed E-state index contributed by atoms with van der Waals surface area (Å²) in [5.41, 5.74) is 0.871. The number of hydrogen-bond donors (Lipinski definition) is 2. The normalized spacial score (nSPS) is 15.0. The van der Waals surface area contributed by atoms with Crippen molar-refractivity contribution in [2.75, 3.05) is 0 Å². The Hall–Kier alpha value is -0.710. The number of nitrogens with two attached hydrogens (primary N) is 2. The van der Waals surface area contributed by atoms with Crippen LogP contribution in [-0.2, 0) is 0 Å². The maximum absolute atomic E-state index is 5.18. The molecule has 4 N–H and O–H groups in total.